The molecule has 0 amide bonds. The molecule has 0 spiro atoms. The summed E-state index contributed by atoms with van der Waals surface area (Å²) in [5.41, 5.74) is 0.299. The summed E-state index contributed by atoms with van der Waals surface area (Å²) in [5, 5.41) is 10.6. The molecule has 0 atom stereocenters. The number of thiol groups is 1. The number of fused-ring (bicyclic) bond motifs is 1. The van der Waals surface area contributed by atoms with Gasteiger partial charge in [-0.2, -0.15) is 0 Å². The predicted molar refractivity (Wildman–Crippen MR) is 58.2 cm³/mol. The van der Waals surface area contributed by atoms with Crippen LogP contribution in [-0.4, -0.2) is 11.1 Å². The molecule has 0 saturated heterocycles. The number of hydrogen-bond donors (Lipinski definition) is 2. The second-order valence-corrected chi connectivity index (χ2v) is 3.47. The number of hydrogen-bond acceptors (Lipinski definition) is 2. The van der Waals surface area contributed by atoms with Gasteiger partial charge >= 0.3 is 5.97 Å². The molecular formula is C11H8O2S. The Hall–Kier alpha value is -1.48. The molecule has 0 saturated carbocycles. The minimum Gasteiger partial charge on any atom is -0.478 e. The molecule has 0 aliphatic heterocycles. The Balaban J connectivity index is 2.91. The Kier molecular flexibility index (Phi) is 2.17. The van der Waals surface area contributed by atoms with Gasteiger partial charge in [-0.15, -0.1) is 12.6 Å². The third kappa shape index (κ3) is 1.36. The van der Waals surface area contributed by atoms with E-state index in [4.69, 9.17) is 5.11 Å². The molecule has 0 aromatic heterocycles. The number of carbonyl (C=O) groups is 1. The van der Waals surface area contributed by atoms with Crippen molar-refractivity contribution in [3.8, 4) is 0 Å². The molecule has 0 aliphatic carbocycles. The van der Waals surface area contributed by atoms with Gasteiger partial charge in [0.2, 0.25) is 0 Å². The van der Waals surface area contributed by atoms with Gasteiger partial charge in [-0.05, 0) is 17.5 Å². The molecule has 14 heavy (non-hydrogen) atoms. The molecule has 2 rings (SSSR count). The quantitative estimate of drug-likeness (QED) is 0.701. The van der Waals surface area contributed by atoms with Crippen LogP contribution in [0.15, 0.2) is 41.3 Å². The van der Waals surface area contributed by atoms with E-state index in [1.807, 2.05) is 18.2 Å². The first-order valence-electron chi connectivity index (χ1n) is 4.14. The maximum absolute atomic E-state index is 10.9. The molecule has 0 heterocycles. The van der Waals surface area contributed by atoms with E-state index in [-0.39, 0.29) is 0 Å². The third-order valence-corrected chi connectivity index (χ3v) is 2.49. The Morgan fingerprint density at radius 2 is 1.79 bits per heavy atom. The fourth-order valence-corrected chi connectivity index (χ4v) is 1.84. The molecule has 0 bridgehead atoms. The van der Waals surface area contributed by atoms with Crippen LogP contribution in [0.3, 0.4) is 0 Å². The van der Waals surface area contributed by atoms with Crippen LogP contribution in [0.2, 0.25) is 0 Å². The highest BCUT2D eigenvalue weighted by Gasteiger charge is 2.09. The summed E-state index contributed by atoms with van der Waals surface area (Å²) in [6.45, 7) is 0. The zero-order chi connectivity index (χ0) is 10.1. The molecule has 0 radical (unpaired) electrons. The fraction of sp³-hybridized carbons (Fsp3) is 0. The topological polar surface area (TPSA) is 37.3 Å². The van der Waals surface area contributed by atoms with Gasteiger partial charge in [-0.25, -0.2) is 4.79 Å². The first-order chi connectivity index (χ1) is 6.70. The molecule has 2 nitrogen and oxygen atoms in total. The van der Waals surface area contributed by atoms with Gasteiger partial charge < -0.3 is 5.11 Å². The van der Waals surface area contributed by atoms with Crippen molar-refractivity contribution in [2.75, 3.05) is 0 Å². The van der Waals surface area contributed by atoms with Crippen LogP contribution in [0, 0.1) is 0 Å². The third-order valence-electron chi connectivity index (χ3n) is 2.11. The maximum atomic E-state index is 10.9. The largest absolute Gasteiger partial charge is 0.478 e. The van der Waals surface area contributed by atoms with E-state index in [0.717, 1.165) is 5.39 Å². The Labute approximate surface area is 86.6 Å². The maximum Gasteiger partial charge on any atom is 0.336 e. The van der Waals surface area contributed by atoms with Gasteiger partial charge in [-0.1, -0.05) is 24.3 Å². The second-order valence-electron chi connectivity index (χ2n) is 2.99. The molecule has 2 aromatic carbocycles. The summed E-state index contributed by atoms with van der Waals surface area (Å²) < 4.78 is 0. The number of carboxylic acid groups (broad SMARTS) is 1. The molecule has 3 heteroatoms. The summed E-state index contributed by atoms with van der Waals surface area (Å²) in [4.78, 5) is 11.6. The molecule has 2 aromatic rings. The molecule has 0 fully saturated rings. The van der Waals surface area contributed by atoms with Gasteiger partial charge in [0.05, 0.1) is 5.56 Å². The Bertz CT molecular complexity index is 500. The minimum atomic E-state index is -0.919. The average Bonchev–Trinajstić information content (AvgIpc) is 2.17. The summed E-state index contributed by atoms with van der Waals surface area (Å²) in [5.74, 6) is -0.919. The van der Waals surface area contributed by atoms with Crippen molar-refractivity contribution in [1.82, 2.24) is 0 Å². The van der Waals surface area contributed by atoms with E-state index in [1.54, 1.807) is 18.2 Å². The van der Waals surface area contributed by atoms with Crippen molar-refractivity contribution in [1.29, 1.82) is 0 Å². The average molecular weight is 204 g/mol. The summed E-state index contributed by atoms with van der Waals surface area (Å²) in [6, 6.07) is 10.7. The van der Waals surface area contributed by atoms with Gasteiger partial charge in [0, 0.05) is 10.3 Å². The standard InChI is InChI=1S/C11H8O2S/c12-11(13)8-5-1-3-7-4-2-6-9(14)10(7)8/h1-6,14H,(H,12,13). The van der Waals surface area contributed by atoms with Crippen molar-refractivity contribution in [3.05, 3.63) is 42.0 Å². The molecule has 70 valence electrons. The molecule has 1 N–H and O–H groups in total. The summed E-state index contributed by atoms with van der Waals surface area (Å²) in [6.07, 6.45) is 0. The van der Waals surface area contributed by atoms with E-state index in [1.165, 1.54) is 0 Å². The summed E-state index contributed by atoms with van der Waals surface area (Å²) >= 11 is 4.25. The molecular weight excluding hydrogens is 196 g/mol. The first-order valence-corrected chi connectivity index (χ1v) is 4.59. The van der Waals surface area contributed by atoms with Gasteiger partial charge in [0.15, 0.2) is 0 Å². The van der Waals surface area contributed by atoms with Crippen LogP contribution in [0.5, 0.6) is 0 Å². The minimum absolute atomic E-state index is 0.299. The first kappa shape index (κ1) is 9.09. The van der Waals surface area contributed by atoms with Crippen LogP contribution in [0.4, 0.5) is 0 Å². The highest BCUT2D eigenvalue weighted by molar-refractivity contribution is 7.80. The second kappa shape index (κ2) is 3.35. The lowest BCUT2D eigenvalue weighted by Crippen LogP contribution is -1.97. The molecule has 0 unspecified atom stereocenters. The van der Waals surface area contributed by atoms with E-state index >= 15 is 0 Å². The van der Waals surface area contributed by atoms with Crippen molar-refractivity contribution in [2.45, 2.75) is 4.90 Å². The van der Waals surface area contributed by atoms with Crippen LogP contribution in [0.25, 0.3) is 10.8 Å². The van der Waals surface area contributed by atoms with Crippen molar-refractivity contribution in [3.63, 3.8) is 0 Å². The van der Waals surface area contributed by atoms with Crippen LogP contribution in [-0.2, 0) is 0 Å². The Morgan fingerprint density at radius 1 is 1.14 bits per heavy atom. The van der Waals surface area contributed by atoms with Crippen LogP contribution >= 0.6 is 12.6 Å². The number of rotatable bonds is 1. The van der Waals surface area contributed by atoms with E-state index in [2.05, 4.69) is 12.6 Å². The van der Waals surface area contributed by atoms with Crippen molar-refractivity contribution >= 4 is 29.4 Å². The van der Waals surface area contributed by atoms with E-state index in [0.29, 0.717) is 15.8 Å². The van der Waals surface area contributed by atoms with Crippen molar-refractivity contribution < 1.29 is 9.90 Å². The normalized spacial score (nSPS) is 10.4. The lowest BCUT2D eigenvalue weighted by Gasteiger charge is -2.04. The van der Waals surface area contributed by atoms with Crippen molar-refractivity contribution in [2.24, 2.45) is 0 Å². The number of aromatic carboxylic acids is 1. The van der Waals surface area contributed by atoms with Crippen LogP contribution < -0.4 is 0 Å². The van der Waals surface area contributed by atoms with Crippen LogP contribution in [0.1, 0.15) is 10.4 Å². The van der Waals surface area contributed by atoms with E-state index < -0.39 is 5.97 Å². The monoisotopic (exact) mass is 204 g/mol. The smallest absolute Gasteiger partial charge is 0.336 e. The molecule has 0 aliphatic rings. The van der Waals surface area contributed by atoms with Gasteiger partial charge in [-0.3, -0.25) is 0 Å². The number of carboxylic acids is 1. The zero-order valence-corrected chi connectivity index (χ0v) is 8.16. The summed E-state index contributed by atoms with van der Waals surface area (Å²) in [7, 11) is 0. The fourth-order valence-electron chi connectivity index (χ4n) is 1.50. The number of benzene rings is 2. The lowest BCUT2D eigenvalue weighted by atomic mass is 10.0. The Morgan fingerprint density at radius 3 is 2.43 bits per heavy atom. The highest BCUT2D eigenvalue weighted by Crippen LogP contribution is 2.25. The van der Waals surface area contributed by atoms with Gasteiger partial charge in [0.1, 0.15) is 0 Å². The van der Waals surface area contributed by atoms with Gasteiger partial charge in [0.25, 0.3) is 0 Å². The predicted octanol–water partition coefficient (Wildman–Crippen LogP) is 2.83. The lowest BCUT2D eigenvalue weighted by molar-refractivity contribution is 0.0699. The SMILES string of the molecule is O=C(O)c1cccc2cccc(S)c12. The highest BCUT2D eigenvalue weighted by atomic mass is 32.1. The zero-order valence-electron chi connectivity index (χ0n) is 7.27. The van der Waals surface area contributed by atoms with E-state index in [9.17, 15) is 4.79 Å².